The minimum Gasteiger partial charge on any atom is -0.392 e. The van der Waals surface area contributed by atoms with Gasteiger partial charge >= 0.3 is 6.03 Å². The summed E-state index contributed by atoms with van der Waals surface area (Å²) in [6.45, 7) is 7.65. The van der Waals surface area contributed by atoms with E-state index in [0.29, 0.717) is 19.6 Å². The van der Waals surface area contributed by atoms with Crippen molar-refractivity contribution < 1.29 is 24.5 Å². The van der Waals surface area contributed by atoms with Crippen molar-refractivity contribution in [2.75, 3.05) is 20.1 Å². The molecule has 1 aliphatic rings. The van der Waals surface area contributed by atoms with Gasteiger partial charge < -0.3 is 30.3 Å². The molecule has 5 rings (SSSR count). The summed E-state index contributed by atoms with van der Waals surface area (Å²) in [5.41, 5.74) is 6.71. The Morgan fingerprint density at radius 3 is 2.26 bits per heavy atom. The highest BCUT2D eigenvalue weighted by molar-refractivity contribution is 5.74. The molecule has 1 aliphatic heterocycles. The van der Waals surface area contributed by atoms with Gasteiger partial charge in [-0.1, -0.05) is 97.9 Å². The lowest BCUT2D eigenvalue weighted by Crippen LogP contribution is -2.46. The zero-order valence-electron chi connectivity index (χ0n) is 27.7. The van der Waals surface area contributed by atoms with E-state index in [9.17, 15) is 15.0 Å². The second-order valence-electron chi connectivity index (χ2n) is 12.4. The summed E-state index contributed by atoms with van der Waals surface area (Å²) in [7, 11) is 2.02. The molecule has 8 heteroatoms. The molecular weight excluding hydrogens is 590 g/mol. The number of nitrogens with zero attached hydrogens (tertiary/aromatic N) is 1. The minimum atomic E-state index is -0.641. The van der Waals surface area contributed by atoms with Gasteiger partial charge in [0, 0.05) is 37.2 Å². The van der Waals surface area contributed by atoms with E-state index < -0.39 is 12.4 Å². The van der Waals surface area contributed by atoms with Gasteiger partial charge in [0.1, 0.15) is 0 Å². The number of aliphatic hydroxyl groups is 2. The molecule has 0 unspecified atom stereocenters. The molecule has 4 N–H and O–H groups in total. The number of likely N-dealkylation sites (N-methyl/N-ethyl adjacent to an activating group) is 1. The summed E-state index contributed by atoms with van der Waals surface area (Å²) >= 11 is 0. The highest BCUT2D eigenvalue weighted by Crippen LogP contribution is 2.42. The number of amides is 2. The Bertz CT molecular complexity index is 1580. The third kappa shape index (κ3) is 8.66. The average molecular weight is 638 g/mol. The van der Waals surface area contributed by atoms with Crippen LogP contribution in [0.1, 0.15) is 67.1 Å². The first-order valence-electron chi connectivity index (χ1n) is 16.4. The maximum absolute atomic E-state index is 11.9. The van der Waals surface area contributed by atoms with Crippen molar-refractivity contribution in [3.8, 4) is 11.1 Å². The summed E-state index contributed by atoms with van der Waals surface area (Å²) in [4.78, 5) is 14.1. The van der Waals surface area contributed by atoms with Crippen LogP contribution >= 0.6 is 0 Å². The van der Waals surface area contributed by atoms with Gasteiger partial charge in [-0.15, -0.1) is 0 Å². The fourth-order valence-corrected chi connectivity index (χ4v) is 6.08. The Kier molecular flexibility index (Phi) is 11.8. The fraction of sp³-hybridized carbons (Fsp3) is 0.359. The van der Waals surface area contributed by atoms with Crippen LogP contribution in [-0.2, 0) is 22.6 Å². The predicted molar refractivity (Wildman–Crippen MR) is 184 cm³/mol. The largest absolute Gasteiger partial charge is 0.392 e. The number of benzene rings is 4. The number of rotatable bonds is 12. The molecule has 4 aromatic carbocycles. The van der Waals surface area contributed by atoms with Crippen molar-refractivity contribution in [2.45, 2.75) is 64.6 Å². The molecule has 248 valence electrons. The molecule has 2 amide bonds. The van der Waals surface area contributed by atoms with Crippen LogP contribution in [0, 0.1) is 5.92 Å². The maximum atomic E-state index is 11.9. The van der Waals surface area contributed by atoms with E-state index in [2.05, 4.69) is 46.7 Å². The number of urea groups is 1. The van der Waals surface area contributed by atoms with Crippen LogP contribution in [0.15, 0.2) is 103 Å². The molecule has 4 aromatic rings. The average Bonchev–Trinajstić information content (AvgIpc) is 3.11. The molecule has 0 aromatic heterocycles. The lowest BCUT2D eigenvalue weighted by Gasteiger charge is -2.43. The first-order chi connectivity index (χ1) is 22.8. The van der Waals surface area contributed by atoms with Crippen LogP contribution in [0.4, 0.5) is 4.79 Å². The number of nitrogens with one attached hydrogen (secondary N) is 2. The molecular formula is C39H47N3O5. The van der Waals surface area contributed by atoms with Crippen LogP contribution in [-0.4, -0.2) is 53.4 Å². The van der Waals surface area contributed by atoms with Crippen molar-refractivity contribution in [2.24, 2.45) is 5.92 Å². The Hall–Kier alpha value is -4.05. The molecule has 0 bridgehead atoms. The molecule has 1 fully saturated rings. The van der Waals surface area contributed by atoms with Crippen LogP contribution in [0.5, 0.6) is 0 Å². The molecule has 8 nitrogen and oxygen atoms in total. The predicted octanol–water partition coefficient (Wildman–Crippen LogP) is 6.51. The Balaban J connectivity index is 1.39. The van der Waals surface area contributed by atoms with Gasteiger partial charge in [0.15, 0.2) is 6.29 Å². The standard InChI is InChI=1S/C39H47N3O5/c1-5-40-39(45)41-23-29-11-9-14-32(21-29)33-15-10-16-34(22-33)38-46-35(24-42(4)27(3)36(44)30-12-7-6-8-13-30)26(2)37(47-38)31-19-17-28(25-43)18-20-31/h6-22,26-27,35-38,43-44H,5,23-25H2,1-4H3,(H2,40,41,45)/t26-,27-,35+,36-,37+,38+/m1/s1. The van der Waals surface area contributed by atoms with E-state index in [1.54, 1.807) is 0 Å². The van der Waals surface area contributed by atoms with E-state index in [1.165, 1.54) is 0 Å². The van der Waals surface area contributed by atoms with Gasteiger partial charge in [0.25, 0.3) is 0 Å². The number of ether oxygens (including phenoxy) is 2. The lowest BCUT2D eigenvalue weighted by molar-refractivity contribution is -0.276. The van der Waals surface area contributed by atoms with Crippen molar-refractivity contribution in [1.29, 1.82) is 0 Å². The molecule has 1 heterocycles. The number of carbonyl (C=O) groups is 1. The fourth-order valence-electron chi connectivity index (χ4n) is 6.08. The quantitative estimate of drug-likeness (QED) is 0.141. The van der Waals surface area contributed by atoms with Crippen molar-refractivity contribution in [3.63, 3.8) is 0 Å². The topological polar surface area (TPSA) is 103 Å². The van der Waals surface area contributed by atoms with Crippen molar-refractivity contribution in [1.82, 2.24) is 15.5 Å². The van der Waals surface area contributed by atoms with Crippen molar-refractivity contribution >= 4 is 6.03 Å². The van der Waals surface area contributed by atoms with Gasteiger partial charge in [-0.05, 0) is 66.4 Å². The first kappa shape index (κ1) is 34.3. The molecule has 47 heavy (non-hydrogen) atoms. The number of carbonyl (C=O) groups excluding carboxylic acids is 1. The normalized spacial score (nSPS) is 20.8. The van der Waals surface area contributed by atoms with Gasteiger partial charge in [-0.3, -0.25) is 4.90 Å². The van der Waals surface area contributed by atoms with Gasteiger partial charge in [-0.25, -0.2) is 4.79 Å². The van der Waals surface area contributed by atoms with E-state index in [1.807, 2.05) is 99.8 Å². The van der Waals surface area contributed by atoms with Gasteiger partial charge in [-0.2, -0.15) is 0 Å². The monoisotopic (exact) mass is 637 g/mol. The molecule has 0 spiro atoms. The Morgan fingerprint density at radius 1 is 0.851 bits per heavy atom. The molecule has 1 saturated heterocycles. The molecule has 6 atom stereocenters. The van der Waals surface area contributed by atoms with E-state index in [4.69, 9.17) is 9.47 Å². The molecule has 0 aliphatic carbocycles. The number of hydrogen-bond donors (Lipinski definition) is 4. The van der Waals surface area contributed by atoms with Crippen LogP contribution in [0.3, 0.4) is 0 Å². The third-order valence-electron chi connectivity index (χ3n) is 9.09. The minimum absolute atomic E-state index is 0.00650. The Morgan fingerprint density at radius 2 is 1.55 bits per heavy atom. The summed E-state index contributed by atoms with van der Waals surface area (Å²) in [5.74, 6) is 0.00650. The zero-order valence-corrected chi connectivity index (χ0v) is 27.7. The van der Waals surface area contributed by atoms with E-state index >= 15 is 0 Å². The summed E-state index contributed by atoms with van der Waals surface area (Å²) in [6.07, 6.45) is -1.71. The number of hydrogen-bond acceptors (Lipinski definition) is 6. The summed E-state index contributed by atoms with van der Waals surface area (Å²) < 4.78 is 13.5. The SMILES string of the molecule is CCNC(=O)NCc1cccc(-c2cccc([C@H]3O[C@@H](CN(C)[C@H](C)[C@@H](O)c4ccccc4)[C@@H](C)[C@@H](c4ccc(CO)cc4)O3)c2)c1. The molecule has 0 radical (unpaired) electrons. The highest BCUT2D eigenvalue weighted by Gasteiger charge is 2.39. The van der Waals surface area contributed by atoms with E-state index in [-0.39, 0.29) is 36.8 Å². The summed E-state index contributed by atoms with van der Waals surface area (Å²) in [6, 6.07) is 33.7. The van der Waals surface area contributed by atoms with E-state index in [0.717, 1.165) is 38.9 Å². The maximum Gasteiger partial charge on any atom is 0.315 e. The Labute approximate surface area is 278 Å². The zero-order chi connectivity index (χ0) is 33.3. The van der Waals surface area contributed by atoms with Crippen LogP contribution < -0.4 is 10.6 Å². The van der Waals surface area contributed by atoms with Crippen LogP contribution in [0.2, 0.25) is 0 Å². The smallest absolute Gasteiger partial charge is 0.315 e. The van der Waals surface area contributed by atoms with Gasteiger partial charge in [0.05, 0.1) is 24.9 Å². The van der Waals surface area contributed by atoms with Gasteiger partial charge in [0.2, 0.25) is 0 Å². The highest BCUT2D eigenvalue weighted by atomic mass is 16.7. The second-order valence-corrected chi connectivity index (χ2v) is 12.4. The van der Waals surface area contributed by atoms with Crippen molar-refractivity contribution in [3.05, 3.63) is 131 Å². The van der Waals surface area contributed by atoms with Crippen LogP contribution in [0.25, 0.3) is 11.1 Å². The summed E-state index contributed by atoms with van der Waals surface area (Å²) in [5, 5.41) is 26.4. The third-order valence-corrected chi connectivity index (χ3v) is 9.09. The number of aliphatic hydroxyl groups excluding tert-OH is 2. The molecule has 0 saturated carbocycles. The lowest BCUT2D eigenvalue weighted by atomic mass is 9.89. The second kappa shape index (κ2) is 16.2. The first-order valence-corrected chi connectivity index (χ1v) is 16.4.